The summed E-state index contributed by atoms with van der Waals surface area (Å²) in [6.45, 7) is 10.7. The lowest BCUT2D eigenvalue weighted by Gasteiger charge is -2.29. The monoisotopic (exact) mass is 345 g/mol. The predicted molar refractivity (Wildman–Crippen MR) is 100 cm³/mol. The van der Waals surface area contributed by atoms with Crippen molar-refractivity contribution in [2.24, 2.45) is 5.92 Å². The number of carbonyl (C=O) groups is 2. The Morgan fingerprint density at radius 3 is 2.28 bits per heavy atom. The summed E-state index contributed by atoms with van der Waals surface area (Å²) in [5.41, 5.74) is 1.71. The minimum Gasteiger partial charge on any atom is -0.351 e. The number of benzene rings is 1. The molecule has 0 spiro atoms. The Hall–Kier alpha value is -1.88. The second-order valence-corrected chi connectivity index (χ2v) is 6.91. The highest BCUT2D eigenvalue weighted by molar-refractivity contribution is 5.94. The summed E-state index contributed by atoms with van der Waals surface area (Å²) < 4.78 is 0. The van der Waals surface area contributed by atoms with E-state index in [9.17, 15) is 9.59 Å². The number of nitrogens with zero attached hydrogens (tertiary/aromatic N) is 2. The van der Waals surface area contributed by atoms with Gasteiger partial charge in [0.25, 0.3) is 5.91 Å². The maximum Gasteiger partial charge on any atom is 0.253 e. The lowest BCUT2D eigenvalue weighted by molar-refractivity contribution is -0.122. The summed E-state index contributed by atoms with van der Waals surface area (Å²) >= 11 is 0. The van der Waals surface area contributed by atoms with Gasteiger partial charge >= 0.3 is 0 Å². The highest BCUT2D eigenvalue weighted by Crippen LogP contribution is 2.15. The molecule has 1 heterocycles. The van der Waals surface area contributed by atoms with E-state index in [2.05, 4.69) is 17.1 Å². The smallest absolute Gasteiger partial charge is 0.253 e. The normalized spacial score (nSPS) is 15.8. The van der Waals surface area contributed by atoms with Crippen LogP contribution in [-0.2, 0) is 11.3 Å². The van der Waals surface area contributed by atoms with Gasteiger partial charge in [0.2, 0.25) is 5.91 Å². The van der Waals surface area contributed by atoms with Crippen LogP contribution in [0, 0.1) is 5.92 Å². The summed E-state index contributed by atoms with van der Waals surface area (Å²) in [6.07, 6.45) is 2.35. The molecule has 1 aromatic carbocycles. The van der Waals surface area contributed by atoms with Gasteiger partial charge in [-0.25, -0.2) is 0 Å². The summed E-state index contributed by atoms with van der Waals surface area (Å²) in [5.74, 6) is 0.898. The van der Waals surface area contributed by atoms with Crippen molar-refractivity contribution >= 4 is 11.8 Å². The van der Waals surface area contributed by atoms with Gasteiger partial charge in [0, 0.05) is 25.2 Å². The van der Waals surface area contributed by atoms with Crippen molar-refractivity contribution < 1.29 is 9.59 Å². The van der Waals surface area contributed by atoms with Gasteiger partial charge < -0.3 is 10.2 Å². The molecule has 0 radical (unpaired) electrons. The second kappa shape index (κ2) is 9.56. The van der Waals surface area contributed by atoms with Crippen molar-refractivity contribution in [1.29, 1.82) is 0 Å². The first-order chi connectivity index (χ1) is 12.0. The summed E-state index contributed by atoms with van der Waals surface area (Å²) in [7, 11) is 0. The number of piperidine rings is 1. The summed E-state index contributed by atoms with van der Waals surface area (Å²) in [6, 6.07) is 7.52. The average Bonchev–Trinajstić information content (AvgIpc) is 2.63. The molecule has 1 aliphatic heterocycles. The Bertz CT molecular complexity index is 559. The molecule has 1 aromatic rings. The standard InChI is InChI=1S/C20H31N3O2/c1-4-23(5-2)20(25)18-8-6-17(7-9-18)14-21-19(24)15-22-12-10-16(3)11-13-22/h6-9,16H,4-5,10-15H2,1-3H3,(H,21,24). The summed E-state index contributed by atoms with van der Waals surface area (Å²) in [4.78, 5) is 28.4. The summed E-state index contributed by atoms with van der Waals surface area (Å²) in [5, 5.41) is 2.98. The van der Waals surface area contributed by atoms with Gasteiger partial charge in [-0.3, -0.25) is 14.5 Å². The molecule has 0 saturated carbocycles. The third kappa shape index (κ3) is 5.85. The molecule has 2 rings (SSSR count). The molecule has 1 fully saturated rings. The van der Waals surface area contributed by atoms with Crippen molar-refractivity contribution in [3.63, 3.8) is 0 Å². The Balaban J connectivity index is 1.79. The van der Waals surface area contributed by atoms with Gasteiger partial charge in [-0.2, -0.15) is 0 Å². The topological polar surface area (TPSA) is 52.7 Å². The largest absolute Gasteiger partial charge is 0.351 e. The number of nitrogens with one attached hydrogen (secondary N) is 1. The number of hydrogen-bond donors (Lipinski definition) is 1. The van der Waals surface area contributed by atoms with Gasteiger partial charge in [-0.1, -0.05) is 19.1 Å². The van der Waals surface area contributed by atoms with Crippen LogP contribution in [0.2, 0.25) is 0 Å². The maximum atomic E-state index is 12.3. The molecule has 1 aliphatic rings. The Labute approximate surface area is 151 Å². The molecule has 2 amide bonds. The predicted octanol–water partition coefficient (Wildman–Crippen LogP) is 2.52. The van der Waals surface area contributed by atoms with Gasteiger partial charge in [0.15, 0.2) is 0 Å². The average molecular weight is 345 g/mol. The van der Waals surface area contributed by atoms with E-state index in [1.165, 1.54) is 12.8 Å². The first kappa shape index (κ1) is 19.4. The second-order valence-electron chi connectivity index (χ2n) is 6.91. The molecule has 5 heteroatoms. The Morgan fingerprint density at radius 2 is 1.72 bits per heavy atom. The van der Waals surface area contributed by atoms with Crippen molar-refractivity contribution in [1.82, 2.24) is 15.1 Å². The molecule has 138 valence electrons. The fourth-order valence-corrected chi connectivity index (χ4v) is 3.14. The van der Waals surface area contributed by atoms with Crippen molar-refractivity contribution in [3.05, 3.63) is 35.4 Å². The molecule has 25 heavy (non-hydrogen) atoms. The van der Waals surface area contributed by atoms with Crippen LogP contribution in [0.15, 0.2) is 24.3 Å². The number of likely N-dealkylation sites (tertiary alicyclic amines) is 1. The van der Waals surface area contributed by atoms with E-state index in [1.54, 1.807) is 4.90 Å². The van der Waals surface area contributed by atoms with E-state index in [0.29, 0.717) is 31.7 Å². The fraction of sp³-hybridized carbons (Fsp3) is 0.600. The van der Waals surface area contributed by atoms with E-state index in [-0.39, 0.29) is 11.8 Å². The quantitative estimate of drug-likeness (QED) is 0.826. The molecule has 0 atom stereocenters. The lowest BCUT2D eigenvalue weighted by atomic mass is 9.99. The number of amides is 2. The van der Waals surface area contributed by atoms with Crippen LogP contribution in [0.1, 0.15) is 49.5 Å². The maximum absolute atomic E-state index is 12.3. The van der Waals surface area contributed by atoms with Crippen molar-refractivity contribution in [3.8, 4) is 0 Å². The number of hydrogen-bond acceptors (Lipinski definition) is 3. The van der Waals surface area contributed by atoms with Crippen LogP contribution in [-0.4, -0.2) is 54.3 Å². The van der Waals surface area contributed by atoms with Crippen LogP contribution in [0.3, 0.4) is 0 Å². The van der Waals surface area contributed by atoms with Gasteiger partial charge in [-0.15, -0.1) is 0 Å². The van der Waals surface area contributed by atoms with E-state index < -0.39 is 0 Å². The molecule has 0 bridgehead atoms. The third-order valence-corrected chi connectivity index (χ3v) is 4.98. The molecular weight excluding hydrogens is 314 g/mol. The number of carbonyl (C=O) groups excluding carboxylic acids is 2. The first-order valence-electron chi connectivity index (χ1n) is 9.40. The van der Waals surface area contributed by atoms with E-state index >= 15 is 0 Å². The Kier molecular flexibility index (Phi) is 7.44. The van der Waals surface area contributed by atoms with Gasteiger partial charge in [-0.05, 0) is 63.4 Å². The van der Waals surface area contributed by atoms with Gasteiger partial charge in [0.1, 0.15) is 0 Å². The zero-order valence-corrected chi connectivity index (χ0v) is 15.8. The van der Waals surface area contributed by atoms with Crippen LogP contribution < -0.4 is 5.32 Å². The highest BCUT2D eigenvalue weighted by atomic mass is 16.2. The fourth-order valence-electron chi connectivity index (χ4n) is 3.14. The molecule has 0 aliphatic carbocycles. The first-order valence-corrected chi connectivity index (χ1v) is 9.40. The zero-order chi connectivity index (χ0) is 18.2. The van der Waals surface area contributed by atoms with E-state index in [0.717, 1.165) is 24.6 Å². The molecular formula is C20H31N3O2. The van der Waals surface area contributed by atoms with Crippen LogP contribution in [0.4, 0.5) is 0 Å². The van der Waals surface area contributed by atoms with E-state index in [1.807, 2.05) is 38.1 Å². The molecule has 0 aromatic heterocycles. The number of rotatable bonds is 7. The van der Waals surface area contributed by atoms with Crippen LogP contribution >= 0.6 is 0 Å². The SMILES string of the molecule is CCN(CC)C(=O)c1ccc(CNC(=O)CN2CCC(C)CC2)cc1. The minimum atomic E-state index is 0.0555. The van der Waals surface area contributed by atoms with E-state index in [4.69, 9.17) is 0 Å². The van der Waals surface area contributed by atoms with Crippen molar-refractivity contribution in [2.45, 2.75) is 40.2 Å². The lowest BCUT2D eigenvalue weighted by Crippen LogP contribution is -2.41. The van der Waals surface area contributed by atoms with Crippen LogP contribution in [0.5, 0.6) is 0 Å². The molecule has 1 saturated heterocycles. The third-order valence-electron chi connectivity index (χ3n) is 4.98. The molecule has 5 nitrogen and oxygen atoms in total. The Morgan fingerprint density at radius 1 is 1.12 bits per heavy atom. The van der Waals surface area contributed by atoms with Crippen LogP contribution in [0.25, 0.3) is 0 Å². The zero-order valence-electron chi connectivity index (χ0n) is 15.8. The highest BCUT2D eigenvalue weighted by Gasteiger charge is 2.17. The molecule has 0 unspecified atom stereocenters. The molecule has 1 N–H and O–H groups in total. The minimum absolute atomic E-state index is 0.0555. The van der Waals surface area contributed by atoms with Gasteiger partial charge in [0.05, 0.1) is 6.54 Å². The van der Waals surface area contributed by atoms with Crippen molar-refractivity contribution in [2.75, 3.05) is 32.7 Å².